The Balaban J connectivity index is 3.24. The minimum absolute atomic E-state index is 0.0911. The van der Waals surface area contributed by atoms with Gasteiger partial charge in [0.25, 0.3) is 0 Å². The van der Waals surface area contributed by atoms with E-state index in [1.165, 1.54) is 11.1 Å². The van der Waals surface area contributed by atoms with Crippen molar-refractivity contribution in [3.05, 3.63) is 34.9 Å². The van der Waals surface area contributed by atoms with E-state index in [0.29, 0.717) is 6.54 Å². The van der Waals surface area contributed by atoms with Crippen molar-refractivity contribution in [1.82, 2.24) is 0 Å². The Labute approximate surface area is 85.8 Å². The highest BCUT2D eigenvalue weighted by Crippen LogP contribution is 2.26. The summed E-state index contributed by atoms with van der Waals surface area (Å²) < 4.78 is 0. The Morgan fingerprint density at radius 1 is 1.36 bits per heavy atom. The minimum atomic E-state index is -0.309. The number of aliphatic hydroxyl groups is 1. The van der Waals surface area contributed by atoms with Gasteiger partial charge in [0.05, 0.1) is 6.61 Å². The molecule has 1 rings (SSSR count). The number of nitrogens with two attached hydrogens (primary N) is 1. The van der Waals surface area contributed by atoms with E-state index in [1.807, 2.05) is 19.1 Å². The third-order valence-corrected chi connectivity index (χ3v) is 3.05. The van der Waals surface area contributed by atoms with E-state index in [9.17, 15) is 5.11 Å². The van der Waals surface area contributed by atoms with E-state index < -0.39 is 0 Å². The van der Waals surface area contributed by atoms with Crippen LogP contribution in [0.15, 0.2) is 18.2 Å². The standard InChI is InChI=1S/C12H19NO/c1-9-5-4-6-11(10(9)2)12(3,7-13)8-14/h4-6,14H,7-8,13H2,1-3H3. The van der Waals surface area contributed by atoms with Gasteiger partial charge in [-0.3, -0.25) is 0 Å². The second-order valence-electron chi connectivity index (χ2n) is 4.17. The number of aryl methyl sites for hydroxylation is 1. The van der Waals surface area contributed by atoms with Crippen LogP contribution < -0.4 is 5.73 Å². The quantitative estimate of drug-likeness (QED) is 0.764. The highest BCUT2D eigenvalue weighted by molar-refractivity contribution is 5.38. The largest absolute Gasteiger partial charge is 0.395 e. The Morgan fingerprint density at radius 3 is 2.50 bits per heavy atom. The Morgan fingerprint density at radius 2 is 2.00 bits per heavy atom. The summed E-state index contributed by atoms with van der Waals surface area (Å²) in [6.07, 6.45) is 0. The van der Waals surface area contributed by atoms with Crippen LogP contribution >= 0.6 is 0 Å². The van der Waals surface area contributed by atoms with Gasteiger partial charge in [-0.2, -0.15) is 0 Å². The third kappa shape index (κ3) is 1.81. The van der Waals surface area contributed by atoms with Crippen LogP contribution in [0.3, 0.4) is 0 Å². The number of rotatable bonds is 3. The van der Waals surface area contributed by atoms with Gasteiger partial charge in [-0.1, -0.05) is 25.1 Å². The van der Waals surface area contributed by atoms with Crippen molar-refractivity contribution in [1.29, 1.82) is 0 Å². The lowest BCUT2D eigenvalue weighted by atomic mass is 9.80. The lowest BCUT2D eigenvalue weighted by molar-refractivity contribution is 0.209. The van der Waals surface area contributed by atoms with Crippen LogP contribution in [0.4, 0.5) is 0 Å². The number of benzene rings is 1. The van der Waals surface area contributed by atoms with Crippen molar-refractivity contribution in [3.8, 4) is 0 Å². The van der Waals surface area contributed by atoms with Crippen molar-refractivity contribution < 1.29 is 5.11 Å². The highest BCUT2D eigenvalue weighted by atomic mass is 16.3. The normalized spacial score (nSPS) is 15.2. The molecule has 78 valence electrons. The predicted octanol–water partition coefficient (Wildman–Crippen LogP) is 1.51. The molecule has 0 spiro atoms. The average molecular weight is 193 g/mol. The van der Waals surface area contributed by atoms with Crippen molar-refractivity contribution in [2.45, 2.75) is 26.2 Å². The maximum absolute atomic E-state index is 9.37. The van der Waals surface area contributed by atoms with Gasteiger partial charge in [-0.15, -0.1) is 0 Å². The molecule has 3 N–H and O–H groups in total. The van der Waals surface area contributed by atoms with Crippen LogP contribution in [0.1, 0.15) is 23.6 Å². The fraction of sp³-hybridized carbons (Fsp3) is 0.500. The van der Waals surface area contributed by atoms with Gasteiger partial charge in [-0.25, -0.2) is 0 Å². The van der Waals surface area contributed by atoms with Gasteiger partial charge in [0.1, 0.15) is 0 Å². The molecule has 0 heterocycles. The summed E-state index contributed by atoms with van der Waals surface area (Å²) in [7, 11) is 0. The first kappa shape index (κ1) is 11.2. The molecule has 0 aromatic heterocycles. The molecule has 0 aliphatic heterocycles. The fourth-order valence-corrected chi connectivity index (χ4v) is 1.66. The topological polar surface area (TPSA) is 46.2 Å². The lowest BCUT2D eigenvalue weighted by Crippen LogP contribution is -2.36. The van der Waals surface area contributed by atoms with Crippen molar-refractivity contribution >= 4 is 0 Å². The van der Waals surface area contributed by atoms with Crippen molar-refractivity contribution in [2.24, 2.45) is 5.73 Å². The molecule has 0 fully saturated rings. The Kier molecular flexibility index (Phi) is 3.29. The fourth-order valence-electron chi connectivity index (χ4n) is 1.66. The molecule has 1 aromatic rings. The van der Waals surface area contributed by atoms with Gasteiger partial charge in [0.15, 0.2) is 0 Å². The zero-order valence-electron chi connectivity index (χ0n) is 9.17. The smallest absolute Gasteiger partial charge is 0.0537 e. The van der Waals surface area contributed by atoms with E-state index in [1.54, 1.807) is 0 Å². The first-order valence-electron chi connectivity index (χ1n) is 4.93. The second-order valence-corrected chi connectivity index (χ2v) is 4.17. The van der Waals surface area contributed by atoms with Crippen LogP contribution in [0.2, 0.25) is 0 Å². The molecule has 0 radical (unpaired) electrons. The Bertz CT molecular complexity index is 316. The summed E-state index contributed by atoms with van der Waals surface area (Å²) >= 11 is 0. The van der Waals surface area contributed by atoms with E-state index >= 15 is 0 Å². The maximum Gasteiger partial charge on any atom is 0.0537 e. The summed E-state index contributed by atoms with van der Waals surface area (Å²) in [4.78, 5) is 0. The zero-order valence-corrected chi connectivity index (χ0v) is 9.17. The summed E-state index contributed by atoms with van der Waals surface area (Å²) in [6, 6.07) is 6.14. The lowest BCUT2D eigenvalue weighted by Gasteiger charge is -2.28. The van der Waals surface area contributed by atoms with Gasteiger partial charge < -0.3 is 10.8 Å². The first-order valence-corrected chi connectivity index (χ1v) is 4.93. The van der Waals surface area contributed by atoms with E-state index in [2.05, 4.69) is 19.9 Å². The van der Waals surface area contributed by atoms with Crippen molar-refractivity contribution in [3.63, 3.8) is 0 Å². The van der Waals surface area contributed by atoms with Gasteiger partial charge >= 0.3 is 0 Å². The number of hydrogen-bond donors (Lipinski definition) is 2. The van der Waals surface area contributed by atoms with Gasteiger partial charge in [0.2, 0.25) is 0 Å². The maximum atomic E-state index is 9.37. The third-order valence-electron chi connectivity index (χ3n) is 3.05. The van der Waals surface area contributed by atoms with Crippen molar-refractivity contribution in [2.75, 3.05) is 13.2 Å². The number of hydrogen-bond acceptors (Lipinski definition) is 2. The molecule has 0 aliphatic carbocycles. The van der Waals surface area contributed by atoms with Crippen LogP contribution in [-0.4, -0.2) is 18.3 Å². The van der Waals surface area contributed by atoms with E-state index in [-0.39, 0.29) is 12.0 Å². The zero-order chi connectivity index (χ0) is 10.8. The first-order chi connectivity index (χ1) is 6.55. The molecule has 0 amide bonds. The minimum Gasteiger partial charge on any atom is -0.395 e. The van der Waals surface area contributed by atoms with E-state index in [4.69, 9.17) is 5.73 Å². The summed E-state index contributed by atoms with van der Waals surface area (Å²) in [6.45, 7) is 6.71. The SMILES string of the molecule is Cc1cccc(C(C)(CN)CO)c1C. The van der Waals surface area contributed by atoms with Gasteiger partial charge in [-0.05, 0) is 30.5 Å². The summed E-state index contributed by atoms with van der Waals surface area (Å²) in [5.74, 6) is 0. The molecule has 1 unspecified atom stereocenters. The molecule has 0 saturated carbocycles. The Hall–Kier alpha value is -0.860. The summed E-state index contributed by atoms with van der Waals surface area (Å²) in [5, 5.41) is 9.37. The molecule has 2 heteroatoms. The number of aliphatic hydroxyl groups excluding tert-OH is 1. The molecular formula is C12H19NO. The summed E-state index contributed by atoms with van der Waals surface area (Å²) in [5.41, 5.74) is 9.03. The highest BCUT2D eigenvalue weighted by Gasteiger charge is 2.25. The molecule has 1 aromatic carbocycles. The molecule has 14 heavy (non-hydrogen) atoms. The average Bonchev–Trinajstić information content (AvgIpc) is 2.21. The molecule has 1 atom stereocenters. The molecule has 0 aliphatic rings. The van der Waals surface area contributed by atoms with E-state index in [0.717, 1.165) is 5.56 Å². The van der Waals surface area contributed by atoms with Crippen LogP contribution in [0.25, 0.3) is 0 Å². The predicted molar refractivity (Wildman–Crippen MR) is 59.4 cm³/mol. The second kappa shape index (κ2) is 4.11. The van der Waals surface area contributed by atoms with Gasteiger partial charge in [0, 0.05) is 12.0 Å². The van der Waals surface area contributed by atoms with Crippen LogP contribution in [0.5, 0.6) is 0 Å². The molecule has 0 saturated heterocycles. The molecule has 2 nitrogen and oxygen atoms in total. The molecular weight excluding hydrogens is 174 g/mol. The monoisotopic (exact) mass is 193 g/mol. The van der Waals surface area contributed by atoms with Crippen LogP contribution in [-0.2, 0) is 5.41 Å². The van der Waals surface area contributed by atoms with Crippen LogP contribution in [0, 0.1) is 13.8 Å². The molecule has 0 bridgehead atoms.